The fraction of sp³-hybridized carbons (Fsp3) is 0.357. The van der Waals surface area contributed by atoms with Crippen molar-refractivity contribution < 1.29 is 18.9 Å². The molecule has 3 N–H and O–H groups in total. The van der Waals surface area contributed by atoms with Crippen LogP contribution in [0.4, 0.5) is 5.69 Å². The van der Waals surface area contributed by atoms with Gasteiger partial charge >= 0.3 is 0 Å². The van der Waals surface area contributed by atoms with Gasteiger partial charge in [-0.2, -0.15) is 10.1 Å². The normalized spacial score (nSPS) is 16.8. The number of anilines is 1. The zero-order valence-corrected chi connectivity index (χ0v) is 32.5. The standard InChI is InChI=1S/C42H45N11O4/c1-25-17-29(9-10-30(25)19-45-40(56)38-50-41(57-51-38)42(2,3)4)36-34-18-31(23-53(34)47-24-46-36)27-7-5-26(6-8-27)22-52-15-13-28(14-16-52)37-43-20-32(21-44-37)48-33-11-12-35(54)49-39(33)55/h5-10,17-18,20-21,23-24,28,33,48H,11-16,19,22H2,1-4H3,(H,45,56)(H,49,54,55). The molecule has 292 valence electrons. The van der Waals surface area contributed by atoms with Gasteiger partial charge in [0.1, 0.15) is 18.2 Å². The minimum Gasteiger partial charge on any atom is -0.371 e. The number of benzene rings is 2. The molecule has 1 unspecified atom stereocenters. The Kier molecular flexibility index (Phi) is 10.3. The highest BCUT2D eigenvalue weighted by atomic mass is 16.5. The van der Waals surface area contributed by atoms with Crippen LogP contribution in [0.1, 0.15) is 91.4 Å². The Bertz CT molecular complexity index is 2430. The highest BCUT2D eigenvalue weighted by molar-refractivity contribution is 6.01. The van der Waals surface area contributed by atoms with Crippen molar-refractivity contribution in [3.8, 4) is 22.4 Å². The largest absolute Gasteiger partial charge is 0.371 e. The van der Waals surface area contributed by atoms with Crippen LogP contribution in [0.5, 0.6) is 0 Å². The molecule has 2 fully saturated rings. The lowest BCUT2D eigenvalue weighted by Crippen LogP contribution is -2.47. The van der Waals surface area contributed by atoms with Gasteiger partial charge in [-0.25, -0.2) is 19.5 Å². The number of piperidine rings is 2. The van der Waals surface area contributed by atoms with Crippen molar-refractivity contribution in [3.63, 3.8) is 0 Å². The quantitative estimate of drug-likeness (QED) is 0.152. The summed E-state index contributed by atoms with van der Waals surface area (Å²) >= 11 is 0. The molecule has 57 heavy (non-hydrogen) atoms. The Morgan fingerprint density at radius 2 is 1.70 bits per heavy atom. The second-order valence-electron chi connectivity index (χ2n) is 15.9. The average molecular weight is 768 g/mol. The van der Waals surface area contributed by atoms with Crippen LogP contribution in [0.15, 0.2) is 78.0 Å². The van der Waals surface area contributed by atoms with Crippen LogP contribution in [0.3, 0.4) is 0 Å². The first-order valence-corrected chi connectivity index (χ1v) is 19.3. The van der Waals surface area contributed by atoms with Crippen LogP contribution in [0.25, 0.3) is 27.9 Å². The summed E-state index contributed by atoms with van der Waals surface area (Å²) in [4.78, 5) is 56.8. The molecule has 8 rings (SSSR count). The summed E-state index contributed by atoms with van der Waals surface area (Å²) in [5.74, 6) is 0.613. The number of aromatic nitrogens is 7. The van der Waals surface area contributed by atoms with Gasteiger partial charge in [0.2, 0.25) is 17.7 Å². The number of rotatable bonds is 10. The maximum absolute atomic E-state index is 12.7. The van der Waals surface area contributed by atoms with E-state index in [1.165, 1.54) is 5.56 Å². The van der Waals surface area contributed by atoms with Gasteiger partial charge in [-0.3, -0.25) is 24.6 Å². The number of amides is 3. The van der Waals surface area contributed by atoms with Crippen LogP contribution < -0.4 is 16.0 Å². The molecule has 0 spiro atoms. The average Bonchev–Trinajstić information content (AvgIpc) is 3.89. The minimum atomic E-state index is -0.456. The van der Waals surface area contributed by atoms with Gasteiger partial charge in [0, 0.05) is 48.2 Å². The molecule has 4 aromatic heterocycles. The number of likely N-dealkylation sites (tertiary alicyclic amines) is 1. The van der Waals surface area contributed by atoms with E-state index in [0.717, 1.165) is 77.3 Å². The summed E-state index contributed by atoms with van der Waals surface area (Å²) in [5, 5.41) is 16.8. The summed E-state index contributed by atoms with van der Waals surface area (Å²) in [6.45, 7) is 11.0. The molecule has 0 bridgehead atoms. The van der Waals surface area contributed by atoms with Crippen molar-refractivity contribution in [3.05, 3.63) is 108 Å². The van der Waals surface area contributed by atoms with E-state index in [2.05, 4.69) is 87.4 Å². The van der Waals surface area contributed by atoms with E-state index in [0.29, 0.717) is 31.0 Å². The Morgan fingerprint density at radius 1 is 0.947 bits per heavy atom. The van der Waals surface area contributed by atoms with E-state index in [1.807, 2.05) is 50.5 Å². The lowest BCUT2D eigenvalue weighted by molar-refractivity contribution is -0.133. The third-order valence-electron chi connectivity index (χ3n) is 10.6. The number of nitrogens with zero attached hydrogens (tertiary/aromatic N) is 8. The summed E-state index contributed by atoms with van der Waals surface area (Å²) in [6.07, 6.45) is 9.78. The molecule has 3 amide bonds. The smallest absolute Gasteiger partial charge is 0.292 e. The van der Waals surface area contributed by atoms with E-state index in [9.17, 15) is 14.4 Å². The minimum absolute atomic E-state index is 0.0210. The van der Waals surface area contributed by atoms with Gasteiger partial charge in [-0.15, -0.1) is 0 Å². The van der Waals surface area contributed by atoms with Crippen LogP contribution >= 0.6 is 0 Å². The predicted molar refractivity (Wildman–Crippen MR) is 212 cm³/mol. The van der Waals surface area contributed by atoms with Crippen LogP contribution in [0.2, 0.25) is 0 Å². The molecule has 2 aromatic carbocycles. The number of hydrogen-bond acceptors (Lipinski definition) is 12. The molecule has 6 heterocycles. The van der Waals surface area contributed by atoms with Gasteiger partial charge in [-0.05, 0) is 73.7 Å². The van der Waals surface area contributed by atoms with E-state index in [4.69, 9.17) is 4.52 Å². The van der Waals surface area contributed by atoms with E-state index >= 15 is 0 Å². The zero-order valence-electron chi connectivity index (χ0n) is 32.5. The molecular formula is C42H45N11O4. The van der Waals surface area contributed by atoms with Gasteiger partial charge in [0.15, 0.2) is 0 Å². The van der Waals surface area contributed by atoms with Crippen molar-refractivity contribution >= 4 is 28.9 Å². The van der Waals surface area contributed by atoms with Gasteiger partial charge in [0.05, 0.1) is 29.3 Å². The van der Waals surface area contributed by atoms with Crippen molar-refractivity contribution in [1.82, 2.24) is 50.2 Å². The first kappa shape index (κ1) is 37.6. The molecule has 2 aliphatic heterocycles. The van der Waals surface area contributed by atoms with Crippen LogP contribution in [-0.4, -0.2) is 76.5 Å². The van der Waals surface area contributed by atoms with Crippen LogP contribution in [0, 0.1) is 6.92 Å². The lowest BCUT2D eigenvalue weighted by atomic mass is 9.95. The van der Waals surface area contributed by atoms with Gasteiger partial charge in [-0.1, -0.05) is 62.3 Å². The lowest BCUT2D eigenvalue weighted by Gasteiger charge is -2.31. The van der Waals surface area contributed by atoms with E-state index in [-0.39, 0.29) is 34.9 Å². The molecule has 1 atom stereocenters. The van der Waals surface area contributed by atoms with Crippen molar-refractivity contribution in [1.29, 1.82) is 0 Å². The topological polar surface area (TPSA) is 185 Å². The zero-order chi connectivity index (χ0) is 39.7. The summed E-state index contributed by atoms with van der Waals surface area (Å²) in [5.41, 5.74) is 8.40. The van der Waals surface area contributed by atoms with Crippen molar-refractivity contribution in [2.24, 2.45) is 0 Å². The number of carbonyl (C=O) groups is 3. The SMILES string of the molecule is Cc1cc(-c2ncnn3cc(-c4ccc(CN5CCC(c6ncc(NC7CCC(=O)NC7=O)cn6)CC5)cc4)cc23)ccc1CNC(=O)c1noc(C(C)(C)C)n1. The third kappa shape index (κ3) is 8.43. The van der Waals surface area contributed by atoms with E-state index < -0.39 is 6.04 Å². The Hall–Kier alpha value is -6.35. The summed E-state index contributed by atoms with van der Waals surface area (Å²) in [7, 11) is 0. The summed E-state index contributed by atoms with van der Waals surface area (Å²) < 4.78 is 7.13. The van der Waals surface area contributed by atoms with Crippen LogP contribution in [-0.2, 0) is 28.1 Å². The summed E-state index contributed by atoms with van der Waals surface area (Å²) in [6, 6.07) is 16.5. The second kappa shape index (κ2) is 15.7. The van der Waals surface area contributed by atoms with E-state index in [1.54, 1.807) is 18.7 Å². The fourth-order valence-corrected chi connectivity index (χ4v) is 7.29. The predicted octanol–water partition coefficient (Wildman–Crippen LogP) is 5.37. The Morgan fingerprint density at radius 3 is 2.40 bits per heavy atom. The molecule has 0 saturated carbocycles. The first-order chi connectivity index (χ1) is 27.5. The van der Waals surface area contributed by atoms with Crippen molar-refractivity contribution in [2.45, 2.75) is 83.8 Å². The third-order valence-corrected chi connectivity index (χ3v) is 10.6. The molecular weight excluding hydrogens is 723 g/mol. The number of imide groups is 1. The Labute approximate surface area is 329 Å². The molecule has 15 nitrogen and oxygen atoms in total. The number of fused-ring (bicyclic) bond motifs is 1. The maximum Gasteiger partial charge on any atom is 0.292 e. The maximum atomic E-state index is 12.7. The monoisotopic (exact) mass is 767 g/mol. The van der Waals surface area contributed by atoms with Gasteiger partial charge in [0.25, 0.3) is 11.7 Å². The Balaban J connectivity index is 0.858. The molecule has 15 heteroatoms. The molecule has 2 saturated heterocycles. The van der Waals surface area contributed by atoms with Gasteiger partial charge < -0.3 is 15.2 Å². The molecule has 0 radical (unpaired) electrons. The second-order valence-corrected chi connectivity index (χ2v) is 15.9. The first-order valence-electron chi connectivity index (χ1n) is 19.3. The van der Waals surface area contributed by atoms with Crippen molar-refractivity contribution in [2.75, 3.05) is 18.4 Å². The number of aryl methyl sites for hydroxylation is 1. The highest BCUT2D eigenvalue weighted by Crippen LogP contribution is 2.31. The number of carbonyl (C=O) groups excluding carboxylic acids is 3. The number of hydrogen-bond donors (Lipinski definition) is 3. The fourth-order valence-electron chi connectivity index (χ4n) is 7.29. The number of nitrogens with one attached hydrogen (secondary N) is 3. The molecule has 0 aliphatic carbocycles. The molecule has 6 aromatic rings. The highest BCUT2D eigenvalue weighted by Gasteiger charge is 2.28. The molecule has 2 aliphatic rings.